The van der Waals surface area contributed by atoms with E-state index in [0.29, 0.717) is 6.07 Å². The monoisotopic (exact) mass is 322 g/mol. The van der Waals surface area contributed by atoms with E-state index in [9.17, 15) is 30.7 Å². The van der Waals surface area contributed by atoms with E-state index in [2.05, 4.69) is 9.31 Å². The molecule has 114 valence electrons. The molecule has 0 fully saturated rings. The van der Waals surface area contributed by atoms with Crippen molar-refractivity contribution in [3.05, 3.63) is 52.9 Å². The molecule has 0 radical (unpaired) electrons. The second-order valence-electron chi connectivity index (χ2n) is 4.27. The minimum Gasteiger partial charge on any atom is -0.517 e. The Morgan fingerprint density at radius 1 is 0.591 bits per heavy atom. The third kappa shape index (κ3) is 1.98. The van der Waals surface area contributed by atoms with Gasteiger partial charge in [-0.1, -0.05) is 0 Å². The van der Waals surface area contributed by atoms with E-state index < -0.39 is 64.8 Å². The highest BCUT2D eigenvalue weighted by molar-refractivity contribution is 6.63. The first-order chi connectivity index (χ1) is 10.3. The molecule has 1 aliphatic heterocycles. The molecule has 10 heteroatoms. The summed E-state index contributed by atoms with van der Waals surface area (Å²) >= 11 is 0. The Balaban J connectivity index is 2.08. The van der Waals surface area contributed by atoms with Gasteiger partial charge in [0.25, 0.3) is 0 Å². The van der Waals surface area contributed by atoms with E-state index in [1.807, 2.05) is 0 Å². The van der Waals surface area contributed by atoms with Gasteiger partial charge in [-0.25, -0.2) is 22.0 Å². The molecule has 0 bridgehead atoms. The molecule has 2 nitrogen and oxygen atoms in total. The Kier molecular flexibility index (Phi) is 3.19. The maximum Gasteiger partial charge on any atom is 0.636 e. The fraction of sp³-hybridized carbons (Fsp3) is 0. The van der Waals surface area contributed by atoms with Crippen molar-refractivity contribution in [3.8, 4) is 11.5 Å². The van der Waals surface area contributed by atoms with Crippen LogP contribution in [-0.4, -0.2) is 7.12 Å². The summed E-state index contributed by atoms with van der Waals surface area (Å²) in [6.07, 6.45) is 0. The second-order valence-corrected chi connectivity index (χ2v) is 4.27. The summed E-state index contributed by atoms with van der Waals surface area (Å²) in [5.74, 6) is -14.7. The van der Waals surface area contributed by atoms with Crippen molar-refractivity contribution in [3.63, 3.8) is 0 Å². The van der Waals surface area contributed by atoms with Crippen molar-refractivity contribution in [1.82, 2.24) is 0 Å². The maximum absolute atomic E-state index is 13.6. The molecule has 0 aromatic heterocycles. The predicted octanol–water partition coefficient (Wildman–Crippen LogP) is 2.83. The fourth-order valence-electron chi connectivity index (χ4n) is 1.89. The van der Waals surface area contributed by atoms with Crippen molar-refractivity contribution < 1.29 is 40.0 Å². The van der Waals surface area contributed by atoms with Gasteiger partial charge in [0.1, 0.15) is 5.82 Å². The Bertz CT molecular complexity index is 759. The molecule has 0 unspecified atom stereocenters. The highest BCUT2D eigenvalue weighted by atomic mass is 19.2. The van der Waals surface area contributed by atoms with E-state index >= 15 is 0 Å². The number of halogens is 7. The van der Waals surface area contributed by atoms with Crippen LogP contribution in [0.5, 0.6) is 11.5 Å². The highest BCUT2D eigenvalue weighted by Crippen LogP contribution is 2.41. The number of hydrogen-bond donors (Lipinski definition) is 0. The van der Waals surface area contributed by atoms with E-state index in [4.69, 9.17) is 0 Å². The van der Waals surface area contributed by atoms with Crippen LogP contribution >= 0.6 is 0 Å². The van der Waals surface area contributed by atoms with Gasteiger partial charge >= 0.3 is 7.12 Å². The molecule has 1 heterocycles. The van der Waals surface area contributed by atoms with Crippen molar-refractivity contribution in [1.29, 1.82) is 0 Å². The number of benzene rings is 2. The van der Waals surface area contributed by atoms with Crippen LogP contribution in [0.1, 0.15) is 0 Å². The van der Waals surface area contributed by atoms with Crippen LogP contribution in [0.3, 0.4) is 0 Å². The number of rotatable bonds is 1. The van der Waals surface area contributed by atoms with Crippen LogP contribution in [0, 0.1) is 40.7 Å². The molecule has 0 spiro atoms. The minimum absolute atomic E-state index is 0.161. The van der Waals surface area contributed by atoms with Crippen LogP contribution in [0.4, 0.5) is 30.7 Å². The average Bonchev–Trinajstić information content (AvgIpc) is 2.92. The summed E-state index contributed by atoms with van der Waals surface area (Å²) in [6.45, 7) is 0. The zero-order chi connectivity index (χ0) is 16.2. The summed E-state index contributed by atoms with van der Waals surface area (Å²) in [6, 6.07) is 0.498. The summed E-state index contributed by atoms with van der Waals surface area (Å²) in [7, 11) is -1.93. The van der Waals surface area contributed by atoms with Crippen LogP contribution < -0.4 is 14.8 Å². The summed E-state index contributed by atoms with van der Waals surface area (Å²) in [4.78, 5) is 0. The van der Waals surface area contributed by atoms with E-state index in [1.165, 1.54) is 0 Å². The lowest BCUT2D eigenvalue weighted by Gasteiger charge is -2.06. The van der Waals surface area contributed by atoms with E-state index in [0.717, 1.165) is 0 Å². The van der Waals surface area contributed by atoms with E-state index in [1.54, 1.807) is 0 Å². The molecule has 0 saturated carbocycles. The van der Waals surface area contributed by atoms with Gasteiger partial charge in [0.15, 0.2) is 23.1 Å². The quantitative estimate of drug-likeness (QED) is 0.348. The van der Waals surface area contributed by atoms with Crippen molar-refractivity contribution in [2.45, 2.75) is 0 Å². The van der Waals surface area contributed by atoms with Gasteiger partial charge in [-0.3, -0.25) is 0 Å². The Labute approximate surface area is 118 Å². The smallest absolute Gasteiger partial charge is 0.517 e. The normalized spacial score (nSPS) is 13.0. The molecule has 2 aromatic rings. The second kappa shape index (κ2) is 4.82. The van der Waals surface area contributed by atoms with Crippen LogP contribution in [0.15, 0.2) is 12.1 Å². The SMILES string of the molecule is Fc1cc(F)c(B2Oc3c(F)c(F)c(F)c(F)c3O2)cc1F. The van der Waals surface area contributed by atoms with Gasteiger partial charge in [-0.15, -0.1) is 0 Å². The molecule has 22 heavy (non-hydrogen) atoms. The van der Waals surface area contributed by atoms with Gasteiger partial charge in [0.05, 0.1) is 5.46 Å². The van der Waals surface area contributed by atoms with Crippen LogP contribution in [0.2, 0.25) is 0 Å². The van der Waals surface area contributed by atoms with Gasteiger partial charge in [-0.05, 0) is 6.07 Å². The molecule has 0 atom stereocenters. The van der Waals surface area contributed by atoms with Gasteiger partial charge < -0.3 is 9.31 Å². The average molecular weight is 322 g/mol. The lowest BCUT2D eigenvalue weighted by atomic mass is 9.79. The van der Waals surface area contributed by atoms with Crippen molar-refractivity contribution in [2.24, 2.45) is 0 Å². The zero-order valence-electron chi connectivity index (χ0n) is 10.2. The van der Waals surface area contributed by atoms with Gasteiger partial charge in [-0.2, -0.15) is 8.78 Å². The van der Waals surface area contributed by atoms with Crippen molar-refractivity contribution in [2.75, 3.05) is 0 Å². The standard InChI is InChI=1S/C12H2BF7O2/c14-4-2-6(16)5(15)1-3(4)13-21-11-9(19)7(17)8(18)10(20)12(11)22-13/h1-2H. The van der Waals surface area contributed by atoms with Gasteiger partial charge in [0, 0.05) is 6.07 Å². The molecule has 2 aromatic carbocycles. The summed E-state index contributed by atoms with van der Waals surface area (Å²) < 4.78 is 102. The third-order valence-electron chi connectivity index (χ3n) is 2.93. The van der Waals surface area contributed by atoms with Gasteiger partial charge in [0.2, 0.25) is 23.3 Å². The number of hydrogen-bond acceptors (Lipinski definition) is 2. The first-order valence-corrected chi connectivity index (χ1v) is 5.65. The van der Waals surface area contributed by atoms with Crippen LogP contribution in [0.25, 0.3) is 0 Å². The lowest BCUT2D eigenvalue weighted by Crippen LogP contribution is -2.41. The topological polar surface area (TPSA) is 18.5 Å². The van der Waals surface area contributed by atoms with Crippen molar-refractivity contribution >= 4 is 12.6 Å². The highest BCUT2D eigenvalue weighted by Gasteiger charge is 2.43. The number of fused-ring (bicyclic) bond motifs is 1. The molecular weight excluding hydrogens is 320 g/mol. The lowest BCUT2D eigenvalue weighted by molar-refractivity contribution is 0.388. The molecule has 3 rings (SSSR count). The summed E-state index contributed by atoms with van der Waals surface area (Å²) in [5.41, 5.74) is -0.741. The minimum atomic E-state index is -2.15. The molecule has 0 saturated heterocycles. The Hall–Kier alpha value is -2.39. The molecule has 0 aliphatic carbocycles. The Morgan fingerprint density at radius 3 is 1.55 bits per heavy atom. The maximum atomic E-state index is 13.6. The fourth-order valence-corrected chi connectivity index (χ4v) is 1.89. The molecule has 1 aliphatic rings. The third-order valence-corrected chi connectivity index (χ3v) is 2.93. The predicted molar refractivity (Wildman–Crippen MR) is 59.2 cm³/mol. The Morgan fingerprint density at radius 2 is 1.05 bits per heavy atom. The molecule has 0 N–H and O–H groups in total. The first kappa shape index (κ1) is 14.5. The zero-order valence-corrected chi connectivity index (χ0v) is 10.2. The van der Waals surface area contributed by atoms with Crippen LogP contribution in [-0.2, 0) is 0 Å². The largest absolute Gasteiger partial charge is 0.636 e. The van der Waals surface area contributed by atoms with E-state index in [-0.39, 0.29) is 6.07 Å². The first-order valence-electron chi connectivity index (χ1n) is 5.65. The molecular formula is C12H2BF7O2. The summed E-state index contributed by atoms with van der Waals surface area (Å²) in [5, 5.41) is 0. The molecule has 0 amide bonds.